The van der Waals surface area contributed by atoms with Crippen LogP contribution < -0.4 is 24.3 Å². The molecular weight excluding hydrogens is 334 g/mol. The molecule has 2 aromatic rings. The third kappa shape index (κ3) is 4.81. The first-order chi connectivity index (χ1) is 12.5. The first kappa shape index (κ1) is 19.4. The van der Waals surface area contributed by atoms with Gasteiger partial charge in [-0.3, -0.25) is 4.79 Å². The van der Waals surface area contributed by atoms with Crippen molar-refractivity contribution in [3.63, 3.8) is 0 Å². The van der Waals surface area contributed by atoms with E-state index in [0.717, 1.165) is 11.3 Å². The highest BCUT2D eigenvalue weighted by Crippen LogP contribution is 2.29. The smallest absolute Gasteiger partial charge is 0.261 e. The van der Waals surface area contributed by atoms with Crippen LogP contribution in [0, 0.1) is 0 Å². The van der Waals surface area contributed by atoms with Crippen LogP contribution in [-0.2, 0) is 4.79 Å². The van der Waals surface area contributed by atoms with Crippen molar-refractivity contribution in [3.05, 3.63) is 48.0 Å². The first-order valence-electron chi connectivity index (χ1n) is 8.31. The van der Waals surface area contributed by atoms with E-state index in [2.05, 4.69) is 5.32 Å². The van der Waals surface area contributed by atoms with Crippen LogP contribution in [0.2, 0.25) is 0 Å². The second kappa shape index (κ2) is 8.99. The molecule has 6 nitrogen and oxygen atoms in total. The Hall–Kier alpha value is -2.89. The number of hydrogen-bond acceptors (Lipinski definition) is 5. The molecule has 1 N–H and O–H groups in total. The molecule has 6 heteroatoms. The molecule has 0 aliphatic rings. The number of hydrogen-bond donors (Lipinski definition) is 1. The van der Waals surface area contributed by atoms with Gasteiger partial charge in [-0.05, 0) is 56.3 Å². The Morgan fingerprint density at radius 2 is 1.42 bits per heavy atom. The average molecular weight is 359 g/mol. The van der Waals surface area contributed by atoms with E-state index in [1.807, 2.05) is 25.1 Å². The predicted octanol–water partition coefficient (Wildman–Crippen LogP) is 3.36. The molecule has 26 heavy (non-hydrogen) atoms. The van der Waals surface area contributed by atoms with Crippen LogP contribution in [0.4, 0.5) is 0 Å². The van der Waals surface area contributed by atoms with Gasteiger partial charge in [-0.2, -0.15) is 0 Å². The zero-order chi connectivity index (χ0) is 19.1. The molecule has 0 radical (unpaired) electrons. The van der Waals surface area contributed by atoms with Crippen molar-refractivity contribution in [3.8, 4) is 23.0 Å². The Balaban J connectivity index is 2.03. The van der Waals surface area contributed by atoms with E-state index in [1.165, 1.54) is 0 Å². The molecule has 2 aromatic carbocycles. The van der Waals surface area contributed by atoms with Gasteiger partial charge in [0.1, 0.15) is 23.0 Å². The lowest BCUT2D eigenvalue weighted by atomic mass is 10.1. The monoisotopic (exact) mass is 359 g/mol. The highest BCUT2D eigenvalue weighted by atomic mass is 16.5. The van der Waals surface area contributed by atoms with E-state index in [4.69, 9.17) is 18.9 Å². The maximum atomic E-state index is 12.5. The number of carbonyl (C=O) groups excluding carboxylic acids is 1. The Morgan fingerprint density at radius 3 is 2.00 bits per heavy atom. The van der Waals surface area contributed by atoms with Crippen molar-refractivity contribution in [2.75, 3.05) is 21.3 Å². The minimum Gasteiger partial charge on any atom is -0.497 e. The number of benzene rings is 2. The molecule has 1 amide bonds. The molecule has 0 fully saturated rings. The highest BCUT2D eigenvalue weighted by Gasteiger charge is 2.20. The maximum Gasteiger partial charge on any atom is 0.261 e. The average Bonchev–Trinajstić information content (AvgIpc) is 2.67. The van der Waals surface area contributed by atoms with E-state index in [1.54, 1.807) is 52.5 Å². The molecule has 140 valence electrons. The van der Waals surface area contributed by atoms with Gasteiger partial charge in [0.15, 0.2) is 6.10 Å². The van der Waals surface area contributed by atoms with Gasteiger partial charge in [-0.1, -0.05) is 0 Å². The van der Waals surface area contributed by atoms with Crippen LogP contribution in [0.15, 0.2) is 42.5 Å². The summed E-state index contributed by atoms with van der Waals surface area (Å²) in [7, 11) is 4.79. The Morgan fingerprint density at radius 1 is 0.846 bits per heavy atom. The normalized spacial score (nSPS) is 12.7. The SMILES string of the molecule is COc1ccc(O[C@@H](C)C(=O)N[C@@H](C)c2cc(OC)ccc2OC)cc1. The predicted molar refractivity (Wildman–Crippen MR) is 99.2 cm³/mol. The van der Waals surface area contributed by atoms with Crippen LogP contribution in [0.1, 0.15) is 25.5 Å². The molecule has 2 rings (SSSR count). The third-order valence-electron chi connectivity index (χ3n) is 4.00. The fourth-order valence-corrected chi connectivity index (χ4v) is 2.50. The number of ether oxygens (including phenoxy) is 4. The zero-order valence-electron chi connectivity index (χ0n) is 15.7. The molecule has 2 atom stereocenters. The Kier molecular flexibility index (Phi) is 6.72. The maximum absolute atomic E-state index is 12.5. The van der Waals surface area contributed by atoms with Gasteiger partial charge < -0.3 is 24.3 Å². The number of nitrogens with one attached hydrogen (secondary N) is 1. The van der Waals surface area contributed by atoms with E-state index in [0.29, 0.717) is 17.2 Å². The standard InChI is InChI=1S/C20H25NO5/c1-13(18-12-17(24-4)10-11-19(18)25-5)21-20(22)14(2)26-16-8-6-15(23-3)7-9-16/h6-14H,1-5H3,(H,21,22)/t13-,14-/m0/s1. The number of rotatable bonds is 8. The molecule has 0 bridgehead atoms. The number of methoxy groups -OCH3 is 3. The van der Waals surface area contributed by atoms with Gasteiger partial charge >= 0.3 is 0 Å². The zero-order valence-corrected chi connectivity index (χ0v) is 15.7. The quantitative estimate of drug-likeness (QED) is 0.783. The number of amides is 1. The van der Waals surface area contributed by atoms with Gasteiger partial charge in [0.05, 0.1) is 27.4 Å². The summed E-state index contributed by atoms with van der Waals surface area (Å²) in [5, 5.41) is 2.94. The van der Waals surface area contributed by atoms with Crippen molar-refractivity contribution in [1.29, 1.82) is 0 Å². The molecule has 0 saturated carbocycles. The fourth-order valence-electron chi connectivity index (χ4n) is 2.50. The van der Waals surface area contributed by atoms with Crippen molar-refractivity contribution in [2.24, 2.45) is 0 Å². The highest BCUT2D eigenvalue weighted by molar-refractivity contribution is 5.81. The fraction of sp³-hybridized carbons (Fsp3) is 0.350. The lowest BCUT2D eigenvalue weighted by Gasteiger charge is -2.21. The summed E-state index contributed by atoms with van der Waals surface area (Å²) in [5.74, 6) is 2.48. The minimum absolute atomic E-state index is 0.224. The third-order valence-corrected chi connectivity index (χ3v) is 4.00. The minimum atomic E-state index is -0.651. The van der Waals surface area contributed by atoms with Crippen molar-refractivity contribution < 1.29 is 23.7 Å². The largest absolute Gasteiger partial charge is 0.497 e. The summed E-state index contributed by atoms with van der Waals surface area (Å²) in [5.41, 5.74) is 0.830. The molecule has 0 spiro atoms. The lowest BCUT2D eigenvalue weighted by Crippen LogP contribution is -2.37. The number of carbonyl (C=O) groups is 1. The first-order valence-corrected chi connectivity index (χ1v) is 8.31. The van der Waals surface area contributed by atoms with E-state index < -0.39 is 6.10 Å². The van der Waals surface area contributed by atoms with E-state index in [-0.39, 0.29) is 11.9 Å². The summed E-state index contributed by atoms with van der Waals surface area (Å²) in [6.07, 6.45) is -0.651. The van der Waals surface area contributed by atoms with E-state index in [9.17, 15) is 4.79 Å². The molecule has 0 heterocycles. The summed E-state index contributed by atoms with van der Waals surface area (Å²) < 4.78 is 21.4. The molecule has 0 aliphatic heterocycles. The van der Waals surface area contributed by atoms with Gasteiger partial charge in [-0.25, -0.2) is 0 Å². The summed E-state index contributed by atoms with van der Waals surface area (Å²) in [4.78, 5) is 12.5. The summed E-state index contributed by atoms with van der Waals surface area (Å²) in [6.45, 7) is 3.59. The van der Waals surface area contributed by atoms with E-state index >= 15 is 0 Å². The van der Waals surface area contributed by atoms with Gasteiger partial charge in [0, 0.05) is 5.56 Å². The van der Waals surface area contributed by atoms with Crippen molar-refractivity contribution in [2.45, 2.75) is 26.0 Å². The molecular formula is C20H25NO5. The second-order valence-electron chi connectivity index (χ2n) is 5.77. The van der Waals surface area contributed by atoms with Gasteiger partial charge in [0.2, 0.25) is 0 Å². The molecule has 0 unspecified atom stereocenters. The van der Waals surface area contributed by atoms with Crippen LogP contribution >= 0.6 is 0 Å². The van der Waals surface area contributed by atoms with Crippen molar-refractivity contribution >= 4 is 5.91 Å². The summed E-state index contributed by atoms with van der Waals surface area (Å²) in [6, 6.07) is 12.3. The molecule has 0 aromatic heterocycles. The van der Waals surface area contributed by atoms with Gasteiger partial charge in [-0.15, -0.1) is 0 Å². The van der Waals surface area contributed by atoms with Crippen LogP contribution in [-0.4, -0.2) is 33.3 Å². The summed E-state index contributed by atoms with van der Waals surface area (Å²) >= 11 is 0. The van der Waals surface area contributed by atoms with Crippen LogP contribution in [0.5, 0.6) is 23.0 Å². The molecule has 0 saturated heterocycles. The lowest BCUT2D eigenvalue weighted by molar-refractivity contribution is -0.127. The van der Waals surface area contributed by atoms with Crippen LogP contribution in [0.3, 0.4) is 0 Å². The Bertz CT molecular complexity index is 729. The van der Waals surface area contributed by atoms with Gasteiger partial charge in [0.25, 0.3) is 5.91 Å². The second-order valence-corrected chi connectivity index (χ2v) is 5.77. The Labute approximate surface area is 154 Å². The molecule has 0 aliphatic carbocycles. The van der Waals surface area contributed by atoms with Crippen LogP contribution in [0.25, 0.3) is 0 Å². The van der Waals surface area contributed by atoms with Crippen molar-refractivity contribution in [1.82, 2.24) is 5.32 Å². The topological polar surface area (TPSA) is 66.0 Å².